The lowest BCUT2D eigenvalue weighted by Gasteiger charge is -2.31. The Morgan fingerprint density at radius 2 is 1.57 bits per heavy atom. The van der Waals surface area contributed by atoms with Crippen molar-refractivity contribution in [2.24, 2.45) is 0 Å². The van der Waals surface area contributed by atoms with Gasteiger partial charge in [0.2, 0.25) is 6.79 Å². The normalized spacial score (nSPS) is 15.2. The molecule has 0 saturated heterocycles. The summed E-state index contributed by atoms with van der Waals surface area (Å²) in [5.74, 6) is 1.76. The third-order valence-corrected chi connectivity index (χ3v) is 7.80. The van der Waals surface area contributed by atoms with E-state index < -0.39 is 5.41 Å². The monoisotopic (exact) mass is 497 g/mol. The van der Waals surface area contributed by atoms with Crippen LogP contribution in [0.2, 0.25) is 0 Å². The molecule has 0 atom stereocenters. The Hall–Kier alpha value is -3.60. The maximum atomic E-state index is 13.6. The maximum absolute atomic E-state index is 13.6. The lowest BCUT2D eigenvalue weighted by atomic mass is 9.85. The van der Waals surface area contributed by atoms with E-state index in [1.54, 1.807) is 0 Å². The second-order valence-electron chi connectivity index (χ2n) is 10.8. The molecule has 0 bridgehead atoms. The van der Waals surface area contributed by atoms with Crippen LogP contribution in [0.1, 0.15) is 67.6 Å². The number of Topliss-reactive ketones (excluding diaryl/α,β-unsaturated/α-hetero) is 1. The van der Waals surface area contributed by atoms with Crippen LogP contribution in [0, 0.1) is 6.92 Å². The molecular weight excluding hydrogens is 462 g/mol. The minimum atomic E-state index is -0.426. The number of ether oxygens (including phenoxy) is 2. The summed E-state index contributed by atoms with van der Waals surface area (Å²) in [6.07, 6.45) is 2.12. The zero-order valence-corrected chi connectivity index (χ0v) is 22.3. The Labute approximate surface area is 219 Å². The van der Waals surface area contributed by atoms with Crippen molar-refractivity contribution in [3.63, 3.8) is 0 Å². The summed E-state index contributed by atoms with van der Waals surface area (Å²) in [7, 11) is 0. The van der Waals surface area contributed by atoms with E-state index in [4.69, 9.17) is 9.47 Å². The molecule has 3 aromatic carbocycles. The predicted octanol–water partition coefficient (Wildman–Crippen LogP) is 6.49. The van der Waals surface area contributed by atoms with Crippen molar-refractivity contribution in [3.05, 3.63) is 82.9 Å². The third kappa shape index (κ3) is 4.63. The van der Waals surface area contributed by atoms with E-state index in [2.05, 4.69) is 13.0 Å². The summed E-state index contributed by atoms with van der Waals surface area (Å²) in [5, 5.41) is 0. The van der Waals surface area contributed by atoms with Gasteiger partial charge in [0, 0.05) is 24.1 Å². The number of carbonyl (C=O) groups excluding carboxylic acids is 2. The predicted molar refractivity (Wildman–Crippen MR) is 145 cm³/mol. The fourth-order valence-corrected chi connectivity index (χ4v) is 5.58. The molecule has 1 heterocycles. The van der Waals surface area contributed by atoms with E-state index in [0.717, 1.165) is 52.2 Å². The number of fused-ring (bicyclic) bond motifs is 1. The van der Waals surface area contributed by atoms with E-state index in [-0.39, 0.29) is 30.6 Å². The van der Waals surface area contributed by atoms with Crippen molar-refractivity contribution in [3.8, 4) is 22.6 Å². The number of nitrogens with zero attached hydrogens (tertiary/aromatic N) is 1. The zero-order chi connectivity index (χ0) is 26.3. The first-order chi connectivity index (χ1) is 17.7. The average molecular weight is 498 g/mol. The molecule has 1 saturated carbocycles. The quantitative estimate of drug-likeness (QED) is 0.357. The minimum Gasteiger partial charge on any atom is -0.454 e. The molecule has 1 aliphatic heterocycles. The molecule has 3 aromatic rings. The van der Waals surface area contributed by atoms with Gasteiger partial charge >= 0.3 is 0 Å². The van der Waals surface area contributed by atoms with E-state index in [1.807, 2.05) is 87.2 Å². The van der Waals surface area contributed by atoms with Crippen LogP contribution < -0.4 is 9.47 Å². The van der Waals surface area contributed by atoms with Crippen molar-refractivity contribution in [1.82, 2.24) is 4.90 Å². The van der Waals surface area contributed by atoms with Crippen molar-refractivity contribution in [1.29, 1.82) is 0 Å². The van der Waals surface area contributed by atoms with E-state index in [9.17, 15) is 9.59 Å². The van der Waals surface area contributed by atoms with Gasteiger partial charge in [0.15, 0.2) is 11.5 Å². The van der Waals surface area contributed by atoms with Crippen LogP contribution in [0.5, 0.6) is 11.5 Å². The molecule has 1 amide bonds. The Bertz CT molecular complexity index is 1330. The van der Waals surface area contributed by atoms with Crippen molar-refractivity contribution < 1.29 is 19.1 Å². The highest BCUT2D eigenvalue weighted by Crippen LogP contribution is 2.51. The highest BCUT2D eigenvalue weighted by atomic mass is 16.7. The highest BCUT2D eigenvalue weighted by molar-refractivity contribution is 5.96. The van der Waals surface area contributed by atoms with Gasteiger partial charge in [-0.25, -0.2) is 0 Å². The Morgan fingerprint density at radius 3 is 2.22 bits per heavy atom. The fourth-order valence-electron chi connectivity index (χ4n) is 5.58. The summed E-state index contributed by atoms with van der Waals surface area (Å²) in [6.45, 7) is 10.5. The molecule has 192 valence electrons. The first kappa shape index (κ1) is 25.1. The van der Waals surface area contributed by atoms with Gasteiger partial charge in [0.25, 0.3) is 5.91 Å². The van der Waals surface area contributed by atoms with Gasteiger partial charge in [-0.1, -0.05) is 36.4 Å². The number of rotatable bonds is 8. The zero-order valence-electron chi connectivity index (χ0n) is 22.3. The molecule has 0 aromatic heterocycles. The summed E-state index contributed by atoms with van der Waals surface area (Å²) < 4.78 is 11.0. The van der Waals surface area contributed by atoms with Crippen molar-refractivity contribution in [2.75, 3.05) is 6.79 Å². The Kier molecular flexibility index (Phi) is 6.57. The molecule has 5 heteroatoms. The minimum absolute atomic E-state index is 0.0471. The van der Waals surface area contributed by atoms with Gasteiger partial charge in [-0.2, -0.15) is 0 Å². The fraction of sp³-hybridized carbons (Fsp3) is 0.375. The molecule has 1 aliphatic carbocycles. The van der Waals surface area contributed by atoms with Gasteiger partial charge in [0.05, 0.1) is 5.41 Å². The van der Waals surface area contributed by atoms with E-state index in [0.29, 0.717) is 12.0 Å². The maximum Gasteiger partial charge on any atom is 0.254 e. The van der Waals surface area contributed by atoms with Gasteiger partial charge < -0.3 is 14.4 Å². The highest BCUT2D eigenvalue weighted by Gasteiger charge is 2.50. The topological polar surface area (TPSA) is 55.8 Å². The molecule has 1 fully saturated rings. The lowest BCUT2D eigenvalue weighted by molar-refractivity contribution is -0.120. The Balaban J connectivity index is 1.36. The van der Waals surface area contributed by atoms with Gasteiger partial charge in [-0.05, 0) is 99.5 Å². The molecule has 0 spiro atoms. The van der Waals surface area contributed by atoms with Crippen LogP contribution in [-0.4, -0.2) is 35.5 Å². The van der Waals surface area contributed by atoms with Crippen LogP contribution in [0.15, 0.2) is 60.7 Å². The third-order valence-electron chi connectivity index (χ3n) is 7.80. The first-order valence-electron chi connectivity index (χ1n) is 13.2. The van der Waals surface area contributed by atoms with Crippen LogP contribution in [0.25, 0.3) is 11.1 Å². The second-order valence-corrected chi connectivity index (χ2v) is 10.8. The van der Waals surface area contributed by atoms with Crippen LogP contribution in [0.4, 0.5) is 0 Å². The number of amides is 1. The van der Waals surface area contributed by atoms with Crippen LogP contribution in [-0.2, 0) is 16.6 Å². The number of hydrogen-bond donors (Lipinski definition) is 0. The van der Waals surface area contributed by atoms with Gasteiger partial charge in [0.1, 0.15) is 5.78 Å². The molecule has 2 aliphatic rings. The second kappa shape index (κ2) is 9.70. The Morgan fingerprint density at radius 1 is 0.892 bits per heavy atom. The van der Waals surface area contributed by atoms with Crippen molar-refractivity contribution >= 4 is 11.7 Å². The number of hydrogen-bond acceptors (Lipinski definition) is 4. The molecule has 0 N–H and O–H groups in total. The van der Waals surface area contributed by atoms with E-state index >= 15 is 0 Å². The van der Waals surface area contributed by atoms with Crippen molar-refractivity contribution in [2.45, 2.75) is 71.4 Å². The summed E-state index contributed by atoms with van der Waals surface area (Å²) in [5.41, 5.74) is 5.55. The molecule has 37 heavy (non-hydrogen) atoms. The number of ketones is 1. The molecule has 0 radical (unpaired) electrons. The summed E-state index contributed by atoms with van der Waals surface area (Å²) in [6, 6.07) is 20.1. The SMILES string of the molecule is Cc1c(CC(=O)C2(c3ccc4c(c3)OCO4)CC2)cccc1-c1ccc(C(=O)N(C(C)C)C(C)C)cc1. The lowest BCUT2D eigenvalue weighted by Crippen LogP contribution is -2.42. The van der Waals surface area contributed by atoms with Crippen LogP contribution >= 0.6 is 0 Å². The average Bonchev–Trinajstić information content (AvgIpc) is 3.55. The molecule has 5 rings (SSSR count). The number of benzene rings is 3. The van der Waals surface area contributed by atoms with E-state index in [1.165, 1.54) is 0 Å². The first-order valence-corrected chi connectivity index (χ1v) is 13.2. The molecule has 0 unspecified atom stereocenters. The van der Waals surface area contributed by atoms with Gasteiger partial charge in [-0.3, -0.25) is 9.59 Å². The number of carbonyl (C=O) groups is 2. The summed E-state index contributed by atoms with van der Waals surface area (Å²) >= 11 is 0. The van der Waals surface area contributed by atoms with Crippen LogP contribution in [0.3, 0.4) is 0 Å². The molecule has 5 nitrogen and oxygen atoms in total. The molecular formula is C32H35NO4. The largest absolute Gasteiger partial charge is 0.454 e. The summed E-state index contributed by atoms with van der Waals surface area (Å²) in [4.78, 5) is 28.6. The van der Waals surface area contributed by atoms with Gasteiger partial charge in [-0.15, -0.1) is 0 Å². The smallest absolute Gasteiger partial charge is 0.254 e. The standard InChI is InChI=1S/C32H35NO4/c1-20(2)33(21(3)4)31(35)24-11-9-23(10-12-24)27-8-6-7-25(22(27)5)17-30(34)32(15-16-32)26-13-14-28-29(18-26)37-19-36-28/h6-14,18,20-21H,15-17,19H2,1-5H3.